The van der Waals surface area contributed by atoms with Crippen LogP contribution in [-0.4, -0.2) is 11.7 Å². The first-order valence-corrected chi connectivity index (χ1v) is 3.95. The van der Waals surface area contributed by atoms with Gasteiger partial charge in [0.15, 0.2) is 0 Å². The Kier molecular flexibility index (Phi) is 2.52. The molecular formula is C8H16O. The van der Waals surface area contributed by atoms with Gasteiger partial charge in [0.25, 0.3) is 0 Å². The molecule has 1 heteroatoms. The fourth-order valence-corrected chi connectivity index (χ4v) is 1.66. The van der Waals surface area contributed by atoms with Crippen molar-refractivity contribution in [1.82, 2.24) is 0 Å². The lowest BCUT2D eigenvalue weighted by Gasteiger charge is -2.26. The maximum atomic E-state index is 8.86. The van der Waals surface area contributed by atoms with Gasteiger partial charge in [0.2, 0.25) is 0 Å². The van der Waals surface area contributed by atoms with Crippen LogP contribution in [0.25, 0.3) is 0 Å². The summed E-state index contributed by atoms with van der Waals surface area (Å²) in [5.41, 5.74) is 0. The molecule has 1 saturated carbocycles. The SMILES string of the molecule is C[C@@H]1CCCC[C@H]1CO. The molecule has 9 heavy (non-hydrogen) atoms. The number of aliphatic hydroxyl groups is 1. The third kappa shape index (κ3) is 1.68. The molecule has 1 N–H and O–H groups in total. The van der Waals surface area contributed by atoms with Crippen molar-refractivity contribution in [2.24, 2.45) is 11.8 Å². The molecule has 1 fully saturated rings. The maximum Gasteiger partial charge on any atom is 0.0461 e. The van der Waals surface area contributed by atoms with Crippen molar-refractivity contribution in [3.8, 4) is 0 Å². The van der Waals surface area contributed by atoms with Gasteiger partial charge in [-0.1, -0.05) is 26.2 Å². The van der Waals surface area contributed by atoms with E-state index in [2.05, 4.69) is 6.92 Å². The molecule has 0 heterocycles. The highest BCUT2D eigenvalue weighted by atomic mass is 16.3. The minimum atomic E-state index is 0.404. The molecule has 1 nitrogen and oxygen atoms in total. The standard InChI is InChI=1S/C8H16O/c1-7-4-2-3-5-8(7)6-9/h7-9H,2-6H2,1H3/t7-,8+/m1/s1. The summed E-state index contributed by atoms with van der Waals surface area (Å²) in [4.78, 5) is 0. The second-order valence-corrected chi connectivity index (χ2v) is 3.20. The number of rotatable bonds is 1. The second kappa shape index (κ2) is 3.21. The van der Waals surface area contributed by atoms with Gasteiger partial charge in [-0.15, -0.1) is 0 Å². The van der Waals surface area contributed by atoms with E-state index in [1.165, 1.54) is 25.7 Å². The van der Waals surface area contributed by atoms with Crippen molar-refractivity contribution in [3.63, 3.8) is 0 Å². The Morgan fingerprint density at radius 3 is 2.44 bits per heavy atom. The predicted octanol–water partition coefficient (Wildman–Crippen LogP) is 1.81. The predicted molar refractivity (Wildman–Crippen MR) is 38.2 cm³/mol. The van der Waals surface area contributed by atoms with Crippen molar-refractivity contribution < 1.29 is 5.11 Å². The summed E-state index contributed by atoms with van der Waals surface area (Å²) in [5, 5.41) is 8.86. The summed E-state index contributed by atoms with van der Waals surface area (Å²) in [6, 6.07) is 0. The monoisotopic (exact) mass is 128 g/mol. The van der Waals surface area contributed by atoms with Crippen LogP contribution in [0.15, 0.2) is 0 Å². The van der Waals surface area contributed by atoms with Crippen LogP contribution >= 0.6 is 0 Å². The Morgan fingerprint density at radius 2 is 2.00 bits per heavy atom. The second-order valence-electron chi connectivity index (χ2n) is 3.20. The van der Waals surface area contributed by atoms with Gasteiger partial charge in [-0.2, -0.15) is 0 Å². The van der Waals surface area contributed by atoms with Crippen LogP contribution in [0.1, 0.15) is 32.6 Å². The van der Waals surface area contributed by atoms with Gasteiger partial charge in [-0.3, -0.25) is 0 Å². The Bertz CT molecular complexity index is 80.6. The molecule has 1 aliphatic carbocycles. The highest BCUT2D eigenvalue weighted by Crippen LogP contribution is 2.28. The lowest BCUT2D eigenvalue weighted by atomic mass is 9.81. The molecule has 54 valence electrons. The number of hydrogen-bond donors (Lipinski definition) is 1. The fraction of sp³-hybridized carbons (Fsp3) is 1.00. The molecule has 1 rings (SSSR count). The molecular weight excluding hydrogens is 112 g/mol. The lowest BCUT2D eigenvalue weighted by Crippen LogP contribution is -2.19. The van der Waals surface area contributed by atoms with E-state index in [1.54, 1.807) is 0 Å². The first-order valence-electron chi connectivity index (χ1n) is 3.95. The Hall–Kier alpha value is -0.0400. The molecule has 2 atom stereocenters. The Morgan fingerprint density at radius 1 is 1.33 bits per heavy atom. The zero-order valence-electron chi connectivity index (χ0n) is 6.14. The van der Waals surface area contributed by atoms with Crippen molar-refractivity contribution in [1.29, 1.82) is 0 Å². The minimum Gasteiger partial charge on any atom is -0.396 e. The fourth-order valence-electron chi connectivity index (χ4n) is 1.66. The van der Waals surface area contributed by atoms with Gasteiger partial charge in [0.1, 0.15) is 0 Å². The average Bonchev–Trinajstić information content (AvgIpc) is 1.89. The van der Waals surface area contributed by atoms with Gasteiger partial charge < -0.3 is 5.11 Å². The molecule has 0 saturated heterocycles. The first-order chi connectivity index (χ1) is 4.34. The van der Waals surface area contributed by atoms with Crippen molar-refractivity contribution >= 4 is 0 Å². The molecule has 1 aliphatic rings. The van der Waals surface area contributed by atoms with Gasteiger partial charge in [0, 0.05) is 6.61 Å². The van der Waals surface area contributed by atoms with Crippen LogP contribution < -0.4 is 0 Å². The van der Waals surface area contributed by atoms with Gasteiger partial charge in [-0.25, -0.2) is 0 Å². The van der Waals surface area contributed by atoms with Crippen molar-refractivity contribution in [2.75, 3.05) is 6.61 Å². The minimum absolute atomic E-state index is 0.404. The van der Waals surface area contributed by atoms with Crippen molar-refractivity contribution in [3.05, 3.63) is 0 Å². The van der Waals surface area contributed by atoms with Crippen LogP contribution in [0.3, 0.4) is 0 Å². The van der Waals surface area contributed by atoms with Crippen LogP contribution in [0.5, 0.6) is 0 Å². The molecule has 0 spiro atoms. The molecule has 0 aromatic heterocycles. The van der Waals surface area contributed by atoms with Crippen LogP contribution in [0.2, 0.25) is 0 Å². The quantitative estimate of drug-likeness (QED) is 0.571. The smallest absolute Gasteiger partial charge is 0.0461 e. The van der Waals surface area contributed by atoms with E-state index in [9.17, 15) is 0 Å². The topological polar surface area (TPSA) is 20.2 Å². The third-order valence-electron chi connectivity index (χ3n) is 2.52. The molecule has 0 aromatic carbocycles. The molecule has 0 amide bonds. The van der Waals surface area contributed by atoms with Crippen LogP contribution in [0, 0.1) is 11.8 Å². The summed E-state index contributed by atoms with van der Waals surface area (Å²) < 4.78 is 0. The molecule has 0 aliphatic heterocycles. The van der Waals surface area contributed by atoms with E-state index in [0.29, 0.717) is 12.5 Å². The summed E-state index contributed by atoms with van der Waals surface area (Å²) in [7, 11) is 0. The first kappa shape index (κ1) is 7.07. The van der Waals surface area contributed by atoms with E-state index in [-0.39, 0.29) is 0 Å². The van der Waals surface area contributed by atoms with Crippen LogP contribution in [0.4, 0.5) is 0 Å². The highest BCUT2D eigenvalue weighted by molar-refractivity contribution is 4.70. The largest absolute Gasteiger partial charge is 0.396 e. The number of aliphatic hydroxyl groups excluding tert-OH is 1. The molecule has 0 unspecified atom stereocenters. The summed E-state index contributed by atoms with van der Waals surface area (Å²) >= 11 is 0. The van der Waals surface area contributed by atoms with Gasteiger partial charge in [0.05, 0.1) is 0 Å². The van der Waals surface area contributed by atoms with Gasteiger partial charge in [-0.05, 0) is 18.3 Å². The third-order valence-corrected chi connectivity index (χ3v) is 2.52. The van der Waals surface area contributed by atoms with E-state index in [0.717, 1.165) is 5.92 Å². The normalized spacial score (nSPS) is 36.7. The van der Waals surface area contributed by atoms with Gasteiger partial charge >= 0.3 is 0 Å². The molecule has 0 radical (unpaired) electrons. The summed E-state index contributed by atoms with van der Waals surface area (Å²) in [6.07, 6.45) is 5.27. The molecule has 0 aromatic rings. The van der Waals surface area contributed by atoms with E-state index in [1.807, 2.05) is 0 Å². The zero-order chi connectivity index (χ0) is 6.69. The van der Waals surface area contributed by atoms with Crippen LogP contribution in [-0.2, 0) is 0 Å². The zero-order valence-corrected chi connectivity index (χ0v) is 6.14. The summed E-state index contributed by atoms with van der Waals surface area (Å²) in [5.74, 6) is 1.38. The molecule has 0 bridgehead atoms. The van der Waals surface area contributed by atoms with E-state index >= 15 is 0 Å². The van der Waals surface area contributed by atoms with Crippen molar-refractivity contribution in [2.45, 2.75) is 32.6 Å². The highest BCUT2D eigenvalue weighted by Gasteiger charge is 2.19. The van der Waals surface area contributed by atoms with E-state index in [4.69, 9.17) is 5.11 Å². The lowest BCUT2D eigenvalue weighted by molar-refractivity contribution is 0.144. The average molecular weight is 128 g/mol. The van der Waals surface area contributed by atoms with E-state index < -0.39 is 0 Å². The number of hydrogen-bond acceptors (Lipinski definition) is 1. The summed E-state index contributed by atoms with van der Waals surface area (Å²) in [6.45, 7) is 2.65. The Labute approximate surface area is 57.1 Å². The Balaban J connectivity index is 2.30. The maximum absolute atomic E-state index is 8.86.